The number of amides is 1. The van der Waals surface area contributed by atoms with Crippen LogP contribution in [-0.4, -0.2) is 17.5 Å². The number of pyridine rings is 1. The molecule has 1 heterocycles. The molecule has 0 aliphatic carbocycles. The topological polar surface area (TPSA) is 139 Å². The van der Waals surface area contributed by atoms with E-state index in [1.54, 1.807) is 24.3 Å². The molecule has 1 aromatic heterocycles. The van der Waals surface area contributed by atoms with Gasteiger partial charge in [-0.05, 0) is 11.5 Å². The van der Waals surface area contributed by atoms with E-state index in [1.165, 1.54) is 0 Å². The van der Waals surface area contributed by atoms with Gasteiger partial charge in [0.15, 0.2) is 5.75 Å². The number of primary amides is 1. The summed E-state index contributed by atoms with van der Waals surface area (Å²) in [6.07, 6.45) is 0. The number of nitrogens with zero attached hydrogens (tertiary/aromatic N) is 3. The molecule has 27 heavy (non-hydrogen) atoms. The summed E-state index contributed by atoms with van der Waals surface area (Å²) < 4.78 is 5.69. The number of carbonyl (C=O) groups excluding carboxylic acids is 1. The van der Waals surface area contributed by atoms with Crippen LogP contribution in [0.2, 0.25) is 0 Å². The average Bonchev–Trinajstić information content (AvgIpc) is 2.64. The van der Waals surface area contributed by atoms with Crippen molar-refractivity contribution >= 4 is 23.5 Å². The van der Waals surface area contributed by atoms with E-state index < -0.39 is 11.2 Å². The summed E-state index contributed by atoms with van der Waals surface area (Å²) >= 11 is 1.01. The minimum atomic E-state index is -0.768. The van der Waals surface area contributed by atoms with Gasteiger partial charge in [-0.3, -0.25) is 4.79 Å². The van der Waals surface area contributed by atoms with E-state index in [4.69, 9.17) is 16.2 Å². The minimum absolute atomic E-state index is 0.00638. The number of nitrogens with two attached hydrogens (primary N) is 2. The predicted octanol–water partition coefficient (Wildman–Crippen LogP) is 2.76. The van der Waals surface area contributed by atoms with E-state index in [-0.39, 0.29) is 33.6 Å². The number of hydrogen-bond acceptors (Lipinski definition) is 7. The fourth-order valence-electron chi connectivity index (χ4n) is 2.28. The maximum absolute atomic E-state index is 12.0. The Kier molecular flexibility index (Phi) is 6.64. The van der Waals surface area contributed by atoms with Crippen LogP contribution < -0.4 is 16.2 Å². The molecule has 1 amide bonds. The fourth-order valence-corrected chi connectivity index (χ4v) is 3.32. The van der Waals surface area contributed by atoms with E-state index >= 15 is 0 Å². The monoisotopic (exact) mass is 381 g/mol. The lowest BCUT2D eigenvalue weighted by Crippen LogP contribution is -2.19. The van der Waals surface area contributed by atoms with Crippen molar-refractivity contribution in [2.24, 2.45) is 11.7 Å². The summed E-state index contributed by atoms with van der Waals surface area (Å²) in [6.45, 7) is 4.18. The van der Waals surface area contributed by atoms with E-state index in [0.717, 1.165) is 11.8 Å². The third-order valence-corrected chi connectivity index (χ3v) is 4.78. The molecule has 0 spiro atoms. The molecule has 0 bridgehead atoms. The zero-order valence-electron chi connectivity index (χ0n) is 15.0. The highest BCUT2D eigenvalue weighted by Crippen LogP contribution is 2.40. The summed E-state index contributed by atoms with van der Waals surface area (Å²) in [7, 11) is 0. The third-order valence-electron chi connectivity index (χ3n) is 3.52. The van der Waals surface area contributed by atoms with Crippen LogP contribution in [0.25, 0.3) is 0 Å². The number of thioether (sulfide) groups is 1. The van der Waals surface area contributed by atoms with Crippen LogP contribution in [0.5, 0.6) is 5.75 Å². The number of nitriles is 2. The van der Waals surface area contributed by atoms with Gasteiger partial charge in [0.2, 0.25) is 5.91 Å². The number of nitrogen functional groups attached to an aromatic ring is 1. The number of ether oxygens (including phenoxy) is 1. The Morgan fingerprint density at radius 3 is 2.37 bits per heavy atom. The number of carbonyl (C=O) groups is 1. The minimum Gasteiger partial charge on any atom is -0.490 e. The first-order valence-corrected chi connectivity index (χ1v) is 9.04. The second-order valence-electron chi connectivity index (χ2n) is 6.12. The van der Waals surface area contributed by atoms with Gasteiger partial charge < -0.3 is 16.2 Å². The van der Waals surface area contributed by atoms with Crippen LogP contribution in [0.15, 0.2) is 35.4 Å². The van der Waals surface area contributed by atoms with Gasteiger partial charge in [0, 0.05) is 0 Å². The Labute approximate surface area is 161 Å². The lowest BCUT2D eigenvalue weighted by molar-refractivity contribution is -0.117. The fraction of sp³-hybridized carbons (Fsp3) is 0.263. The molecule has 0 aliphatic rings. The van der Waals surface area contributed by atoms with Crippen molar-refractivity contribution < 1.29 is 9.53 Å². The van der Waals surface area contributed by atoms with Gasteiger partial charge in [-0.15, -0.1) is 0 Å². The Morgan fingerprint density at radius 2 is 1.85 bits per heavy atom. The van der Waals surface area contributed by atoms with Crippen molar-refractivity contribution in [2.75, 3.05) is 12.3 Å². The molecule has 4 N–H and O–H groups in total. The quantitative estimate of drug-likeness (QED) is 0.703. The summed E-state index contributed by atoms with van der Waals surface area (Å²) in [6, 6.07) is 12.9. The van der Waals surface area contributed by atoms with Gasteiger partial charge >= 0.3 is 0 Å². The lowest BCUT2D eigenvalue weighted by Gasteiger charge is -2.17. The molecule has 2 aromatic rings. The molecule has 0 aliphatic heterocycles. The van der Waals surface area contributed by atoms with E-state index in [0.29, 0.717) is 12.2 Å². The maximum Gasteiger partial charge on any atom is 0.235 e. The molecule has 138 valence electrons. The van der Waals surface area contributed by atoms with Crippen LogP contribution in [0, 0.1) is 28.6 Å². The van der Waals surface area contributed by atoms with E-state index in [9.17, 15) is 15.3 Å². The molecule has 8 heteroatoms. The maximum atomic E-state index is 12.0. The Hall–Kier alpha value is -3.23. The van der Waals surface area contributed by atoms with Crippen molar-refractivity contribution in [1.29, 1.82) is 10.5 Å². The van der Waals surface area contributed by atoms with Gasteiger partial charge in [-0.25, -0.2) is 4.98 Å². The SMILES string of the molecule is CC(C)COc1c(C#N)c(N)nc(SC(C(N)=O)c2ccccc2)c1C#N. The van der Waals surface area contributed by atoms with Gasteiger partial charge in [-0.2, -0.15) is 10.5 Å². The molecule has 7 nitrogen and oxygen atoms in total. The molecule has 0 fully saturated rings. The molecule has 1 atom stereocenters. The van der Waals surface area contributed by atoms with E-state index in [2.05, 4.69) is 4.98 Å². The van der Waals surface area contributed by atoms with Crippen molar-refractivity contribution in [3.05, 3.63) is 47.0 Å². The predicted molar refractivity (Wildman–Crippen MR) is 103 cm³/mol. The first kappa shape index (κ1) is 20.1. The zero-order chi connectivity index (χ0) is 20.0. The average molecular weight is 381 g/mol. The molecule has 0 saturated carbocycles. The molecule has 2 rings (SSSR count). The molecular weight excluding hydrogens is 362 g/mol. The highest BCUT2D eigenvalue weighted by Gasteiger charge is 2.26. The normalized spacial score (nSPS) is 11.4. The summed E-state index contributed by atoms with van der Waals surface area (Å²) in [5, 5.41) is 18.5. The van der Waals surface area contributed by atoms with Gasteiger partial charge in [0.05, 0.1) is 6.61 Å². The molecule has 0 radical (unpaired) electrons. The van der Waals surface area contributed by atoms with Gasteiger partial charge in [0.1, 0.15) is 39.4 Å². The first-order chi connectivity index (χ1) is 12.9. The standard InChI is InChI=1S/C19H19N5O2S/c1-11(2)10-26-15-13(8-20)17(22)24-19(14(15)9-21)27-16(18(23)25)12-6-4-3-5-7-12/h3-7,11,16H,10H2,1-2H3,(H2,22,24)(H2,23,25). The van der Waals surface area contributed by atoms with Crippen molar-refractivity contribution in [3.63, 3.8) is 0 Å². The van der Waals surface area contributed by atoms with Crippen LogP contribution in [-0.2, 0) is 4.79 Å². The van der Waals surface area contributed by atoms with Crippen LogP contribution in [0.4, 0.5) is 5.82 Å². The number of hydrogen-bond donors (Lipinski definition) is 2. The smallest absolute Gasteiger partial charge is 0.235 e. The highest BCUT2D eigenvalue weighted by atomic mass is 32.2. The largest absolute Gasteiger partial charge is 0.490 e. The van der Waals surface area contributed by atoms with E-state index in [1.807, 2.05) is 32.1 Å². The number of anilines is 1. The number of aromatic nitrogens is 1. The van der Waals surface area contributed by atoms with Crippen molar-refractivity contribution in [1.82, 2.24) is 4.98 Å². The molecule has 0 saturated heterocycles. The molecular formula is C19H19N5O2S. The van der Waals surface area contributed by atoms with Crippen LogP contribution >= 0.6 is 11.8 Å². The van der Waals surface area contributed by atoms with Crippen molar-refractivity contribution in [2.45, 2.75) is 24.1 Å². The second-order valence-corrected chi connectivity index (χ2v) is 7.21. The zero-order valence-corrected chi connectivity index (χ0v) is 15.8. The number of benzene rings is 1. The van der Waals surface area contributed by atoms with Gasteiger partial charge in [-0.1, -0.05) is 55.9 Å². The molecule has 1 aromatic carbocycles. The Bertz CT molecular complexity index is 916. The summed E-state index contributed by atoms with van der Waals surface area (Å²) in [5.41, 5.74) is 12.2. The van der Waals surface area contributed by atoms with Crippen molar-refractivity contribution in [3.8, 4) is 17.9 Å². The Morgan fingerprint density at radius 1 is 1.22 bits per heavy atom. The van der Waals surface area contributed by atoms with Gasteiger partial charge in [0.25, 0.3) is 0 Å². The first-order valence-electron chi connectivity index (χ1n) is 8.16. The second kappa shape index (κ2) is 8.93. The number of rotatable bonds is 7. The highest BCUT2D eigenvalue weighted by molar-refractivity contribution is 8.00. The summed E-state index contributed by atoms with van der Waals surface area (Å²) in [5.74, 6) is -0.380. The molecule has 1 unspecified atom stereocenters. The lowest BCUT2D eigenvalue weighted by atomic mass is 10.1. The van der Waals surface area contributed by atoms with Crippen LogP contribution in [0.3, 0.4) is 0 Å². The Balaban J connectivity index is 2.54. The third kappa shape index (κ3) is 4.69. The van der Waals surface area contributed by atoms with Crippen LogP contribution in [0.1, 0.15) is 35.8 Å². The summed E-state index contributed by atoms with van der Waals surface area (Å²) in [4.78, 5) is 16.1.